The Kier molecular flexibility index (Phi) is 5.56. The smallest absolute Gasteiger partial charge is 0.220 e. The molecular formula is C15H20ClN3OS. The second-order valence-corrected chi connectivity index (χ2v) is 6.53. The van der Waals surface area contributed by atoms with Gasteiger partial charge in [0.05, 0.1) is 16.8 Å². The van der Waals surface area contributed by atoms with Crippen LogP contribution in [-0.4, -0.2) is 16.9 Å². The Morgan fingerprint density at radius 1 is 1.38 bits per heavy atom. The zero-order valence-electron chi connectivity index (χ0n) is 11.7. The van der Waals surface area contributed by atoms with Gasteiger partial charge in [-0.05, 0) is 30.9 Å². The molecule has 1 aliphatic rings. The molecule has 0 radical (unpaired) electrons. The molecule has 4 nitrogen and oxygen atoms in total. The molecule has 0 aliphatic heterocycles. The number of para-hydroxylation sites is 1. The van der Waals surface area contributed by atoms with Gasteiger partial charge in [-0.15, -0.1) is 23.7 Å². The van der Waals surface area contributed by atoms with Gasteiger partial charge in [0.15, 0.2) is 0 Å². The van der Waals surface area contributed by atoms with Gasteiger partial charge >= 0.3 is 0 Å². The van der Waals surface area contributed by atoms with Crippen LogP contribution in [0.2, 0.25) is 0 Å². The lowest BCUT2D eigenvalue weighted by Gasteiger charge is -2.14. The molecule has 1 aromatic carbocycles. The molecule has 3 rings (SSSR count). The van der Waals surface area contributed by atoms with Crippen molar-refractivity contribution in [3.8, 4) is 0 Å². The number of rotatable bonds is 4. The molecule has 1 amide bonds. The van der Waals surface area contributed by atoms with Gasteiger partial charge in [0.2, 0.25) is 5.91 Å². The van der Waals surface area contributed by atoms with Crippen LogP contribution in [0, 0.1) is 5.92 Å². The lowest BCUT2D eigenvalue weighted by molar-refractivity contribution is -0.122. The summed E-state index contributed by atoms with van der Waals surface area (Å²) in [6.07, 6.45) is 3.83. The van der Waals surface area contributed by atoms with E-state index in [1.54, 1.807) is 11.3 Å². The first-order valence-corrected chi connectivity index (χ1v) is 7.91. The van der Waals surface area contributed by atoms with Crippen molar-refractivity contribution in [2.75, 3.05) is 0 Å². The van der Waals surface area contributed by atoms with E-state index in [4.69, 9.17) is 5.73 Å². The monoisotopic (exact) mass is 325 g/mol. The van der Waals surface area contributed by atoms with Crippen molar-refractivity contribution in [3.63, 3.8) is 0 Å². The number of carbonyl (C=O) groups excluding carboxylic acids is 1. The van der Waals surface area contributed by atoms with E-state index >= 15 is 0 Å². The highest BCUT2D eigenvalue weighted by Crippen LogP contribution is 2.26. The second kappa shape index (κ2) is 7.20. The molecule has 1 aromatic heterocycles. The van der Waals surface area contributed by atoms with Gasteiger partial charge in [0.1, 0.15) is 5.01 Å². The molecule has 0 spiro atoms. The lowest BCUT2D eigenvalue weighted by atomic mass is 10.00. The molecule has 2 aromatic rings. The Balaban J connectivity index is 0.00000161. The number of halogens is 1. The average molecular weight is 326 g/mol. The molecule has 21 heavy (non-hydrogen) atoms. The molecule has 1 aliphatic carbocycles. The molecule has 114 valence electrons. The number of thiazole rings is 1. The van der Waals surface area contributed by atoms with Crippen molar-refractivity contribution >= 4 is 39.9 Å². The minimum Gasteiger partial charge on any atom is -0.350 e. The number of aromatic nitrogens is 1. The predicted octanol–water partition coefficient (Wildman–Crippen LogP) is 2.85. The third kappa shape index (κ3) is 3.93. The number of nitrogens with one attached hydrogen (secondary N) is 1. The van der Waals surface area contributed by atoms with Crippen LogP contribution in [0.4, 0.5) is 0 Å². The van der Waals surface area contributed by atoms with E-state index < -0.39 is 0 Å². The minimum absolute atomic E-state index is 0. The van der Waals surface area contributed by atoms with Crippen LogP contribution in [0.1, 0.15) is 30.7 Å². The first-order chi connectivity index (χ1) is 9.72. The summed E-state index contributed by atoms with van der Waals surface area (Å²) in [5.74, 6) is 0.442. The Bertz CT molecular complexity index is 583. The van der Waals surface area contributed by atoms with Crippen molar-refractivity contribution < 1.29 is 4.79 Å². The van der Waals surface area contributed by atoms with E-state index in [1.165, 1.54) is 0 Å². The normalized spacial score (nSPS) is 21.2. The maximum Gasteiger partial charge on any atom is 0.220 e. The maximum atomic E-state index is 11.9. The molecule has 2 atom stereocenters. The minimum atomic E-state index is 0. The Hall–Kier alpha value is -1.17. The molecule has 6 heteroatoms. The predicted molar refractivity (Wildman–Crippen MR) is 88.6 cm³/mol. The zero-order valence-corrected chi connectivity index (χ0v) is 13.4. The van der Waals surface area contributed by atoms with Crippen molar-refractivity contribution in [1.82, 2.24) is 10.3 Å². The van der Waals surface area contributed by atoms with E-state index in [0.717, 1.165) is 34.5 Å². The number of hydrogen-bond donors (Lipinski definition) is 2. The molecule has 3 N–H and O–H groups in total. The molecule has 0 saturated heterocycles. The van der Waals surface area contributed by atoms with Crippen molar-refractivity contribution in [1.29, 1.82) is 0 Å². The SMILES string of the molecule is Cl.N[C@@H]1CCC[C@H]1CC(=O)NCc1nc2ccccc2s1. The van der Waals surface area contributed by atoms with E-state index in [2.05, 4.69) is 16.4 Å². The summed E-state index contributed by atoms with van der Waals surface area (Å²) >= 11 is 1.63. The van der Waals surface area contributed by atoms with Gasteiger partial charge in [-0.2, -0.15) is 0 Å². The number of hydrogen-bond acceptors (Lipinski definition) is 4. The topological polar surface area (TPSA) is 68.0 Å². The zero-order chi connectivity index (χ0) is 13.9. The highest BCUT2D eigenvalue weighted by molar-refractivity contribution is 7.18. The lowest BCUT2D eigenvalue weighted by Crippen LogP contribution is -2.31. The molecule has 0 bridgehead atoms. The maximum absolute atomic E-state index is 11.9. The highest BCUT2D eigenvalue weighted by Gasteiger charge is 2.25. The third-order valence-corrected chi connectivity index (χ3v) is 4.98. The van der Waals surface area contributed by atoms with Gasteiger partial charge < -0.3 is 11.1 Å². The number of nitrogens with two attached hydrogens (primary N) is 1. The summed E-state index contributed by atoms with van der Waals surface area (Å²) < 4.78 is 1.16. The van der Waals surface area contributed by atoms with Crippen molar-refractivity contribution in [2.24, 2.45) is 11.7 Å². The fraction of sp³-hybridized carbons (Fsp3) is 0.467. The Morgan fingerprint density at radius 3 is 2.90 bits per heavy atom. The van der Waals surface area contributed by atoms with Gasteiger partial charge in [0.25, 0.3) is 0 Å². The number of carbonyl (C=O) groups is 1. The first kappa shape index (κ1) is 16.2. The molecule has 0 unspecified atom stereocenters. The van der Waals surface area contributed by atoms with Gasteiger partial charge in [0, 0.05) is 12.5 Å². The van der Waals surface area contributed by atoms with Crippen molar-refractivity contribution in [2.45, 2.75) is 38.3 Å². The fourth-order valence-electron chi connectivity index (χ4n) is 2.80. The first-order valence-electron chi connectivity index (χ1n) is 7.09. The molecule has 1 saturated carbocycles. The van der Waals surface area contributed by atoms with E-state index in [1.807, 2.05) is 18.2 Å². The second-order valence-electron chi connectivity index (χ2n) is 5.41. The van der Waals surface area contributed by atoms with Crippen LogP contribution >= 0.6 is 23.7 Å². The number of nitrogens with zero attached hydrogens (tertiary/aromatic N) is 1. The van der Waals surface area contributed by atoms with E-state index in [0.29, 0.717) is 18.9 Å². The summed E-state index contributed by atoms with van der Waals surface area (Å²) in [7, 11) is 0. The van der Waals surface area contributed by atoms with Gasteiger partial charge in [-0.25, -0.2) is 4.98 Å². The Labute approximate surface area is 134 Å². The molecular weight excluding hydrogens is 306 g/mol. The van der Waals surface area contributed by atoms with E-state index in [9.17, 15) is 4.79 Å². The fourth-order valence-corrected chi connectivity index (χ4v) is 3.71. The summed E-state index contributed by atoms with van der Waals surface area (Å²) in [4.78, 5) is 16.5. The van der Waals surface area contributed by atoms with E-state index in [-0.39, 0.29) is 24.4 Å². The number of amides is 1. The van der Waals surface area contributed by atoms with Crippen LogP contribution in [0.15, 0.2) is 24.3 Å². The summed E-state index contributed by atoms with van der Waals surface area (Å²) in [6.45, 7) is 0.514. The molecule has 1 heterocycles. The van der Waals surface area contributed by atoms with Crippen LogP contribution in [0.3, 0.4) is 0 Å². The number of benzene rings is 1. The largest absolute Gasteiger partial charge is 0.350 e. The van der Waals surface area contributed by atoms with Crippen LogP contribution in [-0.2, 0) is 11.3 Å². The third-order valence-electron chi connectivity index (χ3n) is 3.94. The standard InChI is InChI=1S/C15H19N3OS.ClH/c16-11-5-3-4-10(11)8-14(19)17-9-15-18-12-6-1-2-7-13(12)20-15;/h1-2,6-7,10-11H,3-5,8-9,16H2,(H,17,19);1H/t10-,11+;/m0./s1. The van der Waals surface area contributed by atoms with Crippen LogP contribution in [0.5, 0.6) is 0 Å². The molecule has 1 fully saturated rings. The van der Waals surface area contributed by atoms with Crippen LogP contribution in [0.25, 0.3) is 10.2 Å². The summed E-state index contributed by atoms with van der Waals surface area (Å²) in [5, 5.41) is 3.91. The Morgan fingerprint density at radius 2 is 2.19 bits per heavy atom. The number of fused-ring (bicyclic) bond motifs is 1. The van der Waals surface area contributed by atoms with Crippen molar-refractivity contribution in [3.05, 3.63) is 29.3 Å². The average Bonchev–Trinajstić information content (AvgIpc) is 3.03. The quantitative estimate of drug-likeness (QED) is 0.908. The van der Waals surface area contributed by atoms with Crippen LogP contribution < -0.4 is 11.1 Å². The highest BCUT2D eigenvalue weighted by atomic mass is 35.5. The van der Waals surface area contributed by atoms with Gasteiger partial charge in [-0.1, -0.05) is 18.6 Å². The van der Waals surface area contributed by atoms with Gasteiger partial charge in [-0.3, -0.25) is 4.79 Å². The summed E-state index contributed by atoms with van der Waals surface area (Å²) in [5.41, 5.74) is 6.99. The summed E-state index contributed by atoms with van der Waals surface area (Å²) in [6, 6.07) is 8.23.